The lowest BCUT2D eigenvalue weighted by Gasteiger charge is -2.17. The largest absolute Gasteiger partial charge is 0.488 e. The van der Waals surface area contributed by atoms with Crippen molar-refractivity contribution in [2.75, 3.05) is 6.54 Å². The van der Waals surface area contributed by atoms with Crippen LogP contribution in [0.2, 0.25) is 0 Å². The molecule has 3 heterocycles. The second-order valence-corrected chi connectivity index (χ2v) is 8.65. The van der Waals surface area contributed by atoms with Gasteiger partial charge in [-0.1, -0.05) is 38.2 Å². The number of amides is 1. The molecule has 4 aromatic rings. The van der Waals surface area contributed by atoms with Gasteiger partial charge in [0.2, 0.25) is 0 Å². The van der Waals surface area contributed by atoms with Gasteiger partial charge in [-0.05, 0) is 42.2 Å². The topological polar surface area (TPSA) is 85.6 Å². The molecular formula is C23H24N4O3S. The molecule has 31 heavy (non-hydrogen) atoms. The number of pyridine rings is 1. The Morgan fingerprint density at radius 3 is 2.71 bits per heavy atom. The van der Waals surface area contributed by atoms with Crippen LogP contribution in [-0.2, 0) is 0 Å². The summed E-state index contributed by atoms with van der Waals surface area (Å²) in [6.45, 7) is 6.52. The Hall–Kier alpha value is -3.26. The van der Waals surface area contributed by atoms with E-state index in [0.717, 1.165) is 12.0 Å². The summed E-state index contributed by atoms with van der Waals surface area (Å²) in [5, 5.41) is 3.46. The van der Waals surface area contributed by atoms with Crippen molar-refractivity contribution in [2.24, 2.45) is 0 Å². The predicted octanol–water partition coefficient (Wildman–Crippen LogP) is 4.02. The van der Waals surface area contributed by atoms with Crippen molar-refractivity contribution in [2.45, 2.75) is 39.2 Å². The fourth-order valence-electron chi connectivity index (χ4n) is 3.26. The van der Waals surface area contributed by atoms with Gasteiger partial charge in [-0.3, -0.25) is 19.0 Å². The molecule has 0 saturated carbocycles. The Balaban J connectivity index is 1.54. The van der Waals surface area contributed by atoms with E-state index in [-0.39, 0.29) is 17.6 Å². The molecule has 0 aliphatic rings. The Labute approximate surface area is 183 Å². The molecular weight excluding hydrogens is 412 g/mol. The quantitative estimate of drug-likeness (QED) is 0.473. The number of rotatable bonds is 7. The SMILES string of the molecule is CCC(CNC(=O)c1cn2c(=O)c3cc(C(C)C)ccc3nc2s1)Oc1ccncc1. The van der Waals surface area contributed by atoms with Crippen LogP contribution in [-0.4, -0.2) is 32.9 Å². The van der Waals surface area contributed by atoms with Crippen molar-refractivity contribution < 1.29 is 9.53 Å². The zero-order valence-electron chi connectivity index (χ0n) is 17.7. The first-order valence-corrected chi connectivity index (χ1v) is 11.1. The lowest BCUT2D eigenvalue weighted by atomic mass is 10.0. The number of nitrogens with zero attached hydrogens (tertiary/aromatic N) is 3. The number of thiazole rings is 1. The van der Waals surface area contributed by atoms with E-state index >= 15 is 0 Å². The first-order valence-electron chi connectivity index (χ1n) is 10.3. The zero-order chi connectivity index (χ0) is 22.0. The van der Waals surface area contributed by atoms with Crippen LogP contribution in [0.5, 0.6) is 5.75 Å². The number of hydrogen-bond acceptors (Lipinski definition) is 6. The fraction of sp³-hybridized carbons (Fsp3) is 0.304. The number of hydrogen-bond donors (Lipinski definition) is 1. The first-order chi connectivity index (χ1) is 15.0. The molecule has 1 amide bonds. The first kappa shape index (κ1) is 21.0. The van der Waals surface area contributed by atoms with E-state index in [9.17, 15) is 9.59 Å². The number of carbonyl (C=O) groups is 1. The predicted molar refractivity (Wildman–Crippen MR) is 122 cm³/mol. The summed E-state index contributed by atoms with van der Waals surface area (Å²) < 4.78 is 7.35. The molecule has 0 spiro atoms. The maximum Gasteiger partial charge on any atom is 0.266 e. The van der Waals surface area contributed by atoms with E-state index in [1.165, 1.54) is 15.7 Å². The van der Waals surface area contributed by atoms with Gasteiger partial charge in [-0.25, -0.2) is 4.98 Å². The molecule has 0 aliphatic heterocycles. The monoisotopic (exact) mass is 436 g/mol. The Bertz CT molecular complexity index is 1280. The highest BCUT2D eigenvalue weighted by atomic mass is 32.1. The van der Waals surface area contributed by atoms with Gasteiger partial charge in [0.05, 0.1) is 17.4 Å². The summed E-state index contributed by atoms with van der Waals surface area (Å²) in [6.07, 6.45) is 5.46. The highest BCUT2D eigenvalue weighted by molar-refractivity contribution is 7.18. The van der Waals surface area contributed by atoms with Gasteiger partial charge in [0, 0.05) is 18.6 Å². The van der Waals surface area contributed by atoms with Crippen LogP contribution < -0.4 is 15.6 Å². The molecule has 4 rings (SSSR count). The van der Waals surface area contributed by atoms with Crippen molar-refractivity contribution in [1.82, 2.24) is 19.7 Å². The average Bonchev–Trinajstić information content (AvgIpc) is 3.21. The highest BCUT2D eigenvalue weighted by Gasteiger charge is 2.17. The van der Waals surface area contributed by atoms with E-state index in [0.29, 0.717) is 39.0 Å². The van der Waals surface area contributed by atoms with Crippen molar-refractivity contribution >= 4 is 33.1 Å². The molecule has 160 valence electrons. The summed E-state index contributed by atoms with van der Waals surface area (Å²) in [4.78, 5) is 35.2. The van der Waals surface area contributed by atoms with Crippen LogP contribution in [0, 0.1) is 0 Å². The van der Waals surface area contributed by atoms with Crippen LogP contribution in [0.4, 0.5) is 0 Å². The third-order valence-corrected chi connectivity index (χ3v) is 6.11. The van der Waals surface area contributed by atoms with Gasteiger partial charge >= 0.3 is 0 Å². The Morgan fingerprint density at radius 1 is 1.23 bits per heavy atom. The summed E-state index contributed by atoms with van der Waals surface area (Å²) >= 11 is 1.20. The maximum absolute atomic E-state index is 13.0. The van der Waals surface area contributed by atoms with E-state index < -0.39 is 0 Å². The zero-order valence-corrected chi connectivity index (χ0v) is 18.5. The lowest BCUT2D eigenvalue weighted by molar-refractivity contribution is 0.0929. The molecule has 0 bridgehead atoms. The number of fused-ring (bicyclic) bond motifs is 2. The number of nitrogens with one attached hydrogen (secondary N) is 1. The minimum Gasteiger partial charge on any atom is -0.488 e. The number of aromatic nitrogens is 3. The van der Waals surface area contributed by atoms with Gasteiger partial charge in [-0.2, -0.15) is 0 Å². The molecule has 0 aliphatic carbocycles. The molecule has 8 heteroatoms. The Morgan fingerprint density at radius 2 is 2.00 bits per heavy atom. The van der Waals surface area contributed by atoms with E-state index in [1.807, 2.05) is 25.1 Å². The summed E-state index contributed by atoms with van der Waals surface area (Å²) in [7, 11) is 0. The fourth-order valence-corrected chi connectivity index (χ4v) is 4.16. The summed E-state index contributed by atoms with van der Waals surface area (Å²) in [5.41, 5.74) is 1.56. The molecule has 0 saturated heterocycles. The van der Waals surface area contributed by atoms with Crippen LogP contribution in [0.15, 0.2) is 53.7 Å². The standard InChI is InChI=1S/C23H24N4O3S/c1-4-16(30-17-7-9-24-10-8-17)12-25-21(28)20-13-27-22(29)18-11-15(14(2)3)5-6-19(18)26-23(27)31-20/h5-11,13-14,16H,4,12H2,1-3H3,(H,25,28). The molecule has 7 nitrogen and oxygen atoms in total. The van der Waals surface area contributed by atoms with Crippen molar-refractivity contribution in [3.63, 3.8) is 0 Å². The van der Waals surface area contributed by atoms with Crippen molar-refractivity contribution in [3.05, 3.63) is 69.7 Å². The minimum absolute atomic E-state index is 0.162. The molecule has 1 N–H and O–H groups in total. The van der Waals surface area contributed by atoms with Gasteiger partial charge in [0.1, 0.15) is 16.7 Å². The third kappa shape index (κ3) is 4.44. The van der Waals surface area contributed by atoms with Gasteiger partial charge in [0.25, 0.3) is 11.5 Å². The molecule has 1 unspecified atom stereocenters. The van der Waals surface area contributed by atoms with E-state index in [2.05, 4.69) is 29.1 Å². The Kier molecular flexibility index (Phi) is 5.99. The van der Waals surface area contributed by atoms with Crippen LogP contribution in [0.1, 0.15) is 48.3 Å². The van der Waals surface area contributed by atoms with Crippen molar-refractivity contribution in [3.8, 4) is 5.75 Å². The number of carbonyl (C=O) groups excluding carboxylic acids is 1. The smallest absolute Gasteiger partial charge is 0.266 e. The van der Waals surface area contributed by atoms with Gasteiger partial charge in [-0.15, -0.1) is 0 Å². The molecule has 0 radical (unpaired) electrons. The summed E-state index contributed by atoms with van der Waals surface area (Å²) in [5.74, 6) is 0.772. The third-order valence-electron chi connectivity index (χ3n) is 5.13. The molecule has 3 aromatic heterocycles. The van der Waals surface area contributed by atoms with Gasteiger partial charge < -0.3 is 10.1 Å². The van der Waals surface area contributed by atoms with E-state index in [4.69, 9.17) is 4.74 Å². The highest BCUT2D eigenvalue weighted by Crippen LogP contribution is 2.21. The normalized spacial score (nSPS) is 12.4. The van der Waals surface area contributed by atoms with Crippen LogP contribution in [0.3, 0.4) is 0 Å². The second kappa shape index (κ2) is 8.85. The van der Waals surface area contributed by atoms with E-state index in [1.54, 1.807) is 30.7 Å². The van der Waals surface area contributed by atoms with Crippen LogP contribution in [0.25, 0.3) is 15.9 Å². The summed E-state index contributed by atoms with van der Waals surface area (Å²) in [6, 6.07) is 9.31. The second-order valence-electron chi connectivity index (χ2n) is 7.64. The average molecular weight is 437 g/mol. The maximum atomic E-state index is 13.0. The number of ether oxygens (including phenoxy) is 1. The van der Waals surface area contributed by atoms with Crippen molar-refractivity contribution in [1.29, 1.82) is 0 Å². The lowest BCUT2D eigenvalue weighted by Crippen LogP contribution is -2.34. The van der Waals surface area contributed by atoms with Gasteiger partial charge in [0.15, 0.2) is 4.96 Å². The van der Waals surface area contributed by atoms with Crippen LogP contribution >= 0.6 is 11.3 Å². The minimum atomic E-state index is -0.251. The number of benzene rings is 1. The molecule has 1 aromatic carbocycles. The molecule has 0 fully saturated rings. The molecule has 1 atom stereocenters.